The van der Waals surface area contributed by atoms with Crippen molar-refractivity contribution in [2.45, 2.75) is 133 Å². The second kappa shape index (κ2) is 22.4. The number of aliphatic hydroxyl groups is 2. The molecule has 0 radical (unpaired) electrons. The number of unbranched alkanes of at least 4 members (excludes halogenated alkanes) is 13. The van der Waals surface area contributed by atoms with Gasteiger partial charge in [0.15, 0.2) is 5.82 Å². The first kappa shape index (κ1) is 42.8. The highest BCUT2D eigenvalue weighted by Gasteiger charge is 2.57. The minimum atomic E-state index is -4.80. The molecule has 1 aromatic carbocycles. The number of nitrogens with zero attached hydrogens (tertiary/aromatic N) is 4. The van der Waals surface area contributed by atoms with E-state index >= 15 is 0 Å². The first-order valence-corrected chi connectivity index (χ1v) is 20.6. The molecule has 15 heteroatoms. The van der Waals surface area contributed by atoms with Crippen LogP contribution in [0.1, 0.15) is 114 Å². The Morgan fingerprint density at radius 2 is 1.58 bits per heavy atom. The molecule has 1 aliphatic rings. The Bertz CT molecular complexity index is 1570. The van der Waals surface area contributed by atoms with Crippen LogP contribution < -0.4 is 5.73 Å². The maximum atomic E-state index is 13.0. The van der Waals surface area contributed by atoms with Gasteiger partial charge < -0.3 is 35.1 Å². The topological polar surface area (TPSA) is 204 Å². The fraction of sp³-hybridized carbons (Fsp3) is 0.658. The van der Waals surface area contributed by atoms with Crippen LogP contribution in [0.5, 0.6) is 0 Å². The van der Waals surface area contributed by atoms with Gasteiger partial charge in [0.05, 0.1) is 25.5 Å². The molecule has 0 bridgehead atoms. The SMILES string of the molecule is CCCCCCCCCCCCCCCCOC[C@@H](COP(=O)(O)OC[C@@]1(C#N)O[C@@H](c2ccc3c(N)ncnn23)[C@H](O)[C@@H]1O)OCc1ccccc1. The van der Waals surface area contributed by atoms with Gasteiger partial charge in [0, 0.05) is 6.61 Å². The Morgan fingerprint density at radius 1 is 0.943 bits per heavy atom. The fourth-order valence-corrected chi connectivity index (χ4v) is 7.20. The molecule has 1 fully saturated rings. The number of ether oxygens (including phenoxy) is 3. The summed E-state index contributed by atoms with van der Waals surface area (Å²) < 4.78 is 42.5. The molecule has 0 aliphatic carbocycles. The van der Waals surface area contributed by atoms with E-state index in [-0.39, 0.29) is 31.3 Å². The molecule has 3 aromatic rings. The van der Waals surface area contributed by atoms with E-state index in [0.29, 0.717) is 12.1 Å². The zero-order valence-corrected chi connectivity index (χ0v) is 31.9. The Kier molecular flexibility index (Phi) is 18.1. The summed E-state index contributed by atoms with van der Waals surface area (Å²) >= 11 is 0. The second-order valence-corrected chi connectivity index (χ2v) is 15.3. The number of aromatic nitrogens is 3. The van der Waals surface area contributed by atoms with Gasteiger partial charge in [-0.05, 0) is 24.1 Å². The minimum absolute atomic E-state index is 0.127. The van der Waals surface area contributed by atoms with E-state index in [0.717, 1.165) is 24.8 Å². The van der Waals surface area contributed by atoms with E-state index in [1.54, 1.807) is 18.2 Å². The van der Waals surface area contributed by atoms with Crippen molar-refractivity contribution in [1.82, 2.24) is 14.6 Å². The van der Waals surface area contributed by atoms with Crippen LogP contribution in [0.4, 0.5) is 5.82 Å². The lowest BCUT2D eigenvalue weighted by atomic mass is 9.96. The fourth-order valence-electron chi connectivity index (χ4n) is 6.41. The molecule has 2 aromatic heterocycles. The van der Waals surface area contributed by atoms with E-state index in [4.69, 9.17) is 29.0 Å². The number of nitrogens with two attached hydrogens (primary N) is 1. The molecule has 1 saturated heterocycles. The van der Waals surface area contributed by atoms with Crippen molar-refractivity contribution in [3.63, 3.8) is 0 Å². The van der Waals surface area contributed by atoms with Gasteiger partial charge in [-0.15, -0.1) is 0 Å². The highest BCUT2D eigenvalue weighted by Crippen LogP contribution is 2.47. The predicted octanol–water partition coefficient (Wildman–Crippen LogP) is 6.58. The standard InChI is InChI=1S/C38H58N5O9P/c1-2-3-4-5-6-7-8-9-10-11-12-13-14-18-23-48-25-31(49-24-30-19-16-15-17-20-30)26-50-53(46,47)51-28-38(27-39)36(45)34(44)35(52-38)32-21-22-33-37(40)41-29-42-43(32)33/h15-17,19-22,29,31,34-36,44-45H,2-14,18,23-26,28H2,1H3,(H,46,47)(H2,40,41,42)/t31-,34-,35-,36-,38+/m0/s1. The molecule has 1 aliphatic heterocycles. The summed E-state index contributed by atoms with van der Waals surface area (Å²) in [6.07, 6.45) is 13.6. The van der Waals surface area contributed by atoms with Crippen molar-refractivity contribution in [3.05, 3.63) is 60.0 Å². The number of anilines is 1. The Balaban J connectivity index is 1.19. The number of aliphatic hydroxyl groups excluding tert-OH is 2. The summed E-state index contributed by atoms with van der Waals surface area (Å²) in [6, 6.07) is 14.5. The molecule has 1 unspecified atom stereocenters. The highest BCUT2D eigenvalue weighted by atomic mass is 31.2. The smallest absolute Gasteiger partial charge is 0.387 e. The molecule has 294 valence electrons. The van der Waals surface area contributed by atoms with E-state index in [1.165, 1.54) is 81.5 Å². The first-order valence-electron chi connectivity index (χ1n) is 19.1. The Hall–Kier alpha value is -2.96. The van der Waals surface area contributed by atoms with Gasteiger partial charge in [0.25, 0.3) is 0 Å². The van der Waals surface area contributed by atoms with Gasteiger partial charge in [-0.2, -0.15) is 10.4 Å². The molecular formula is C38H58N5O9P. The molecular weight excluding hydrogens is 701 g/mol. The van der Waals surface area contributed by atoms with Crippen LogP contribution in [-0.4, -0.2) is 80.0 Å². The van der Waals surface area contributed by atoms with Crippen LogP contribution in [0, 0.1) is 11.3 Å². The number of nitrogen functional groups attached to an aromatic ring is 1. The van der Waals surface area contributed by atoms with Crippen molar-refractivity contribution >= 4 is 19.2 Å². The molecule has 3 heterocycles. The molecule has 6 atom stereocenters. The molecule has 0 spiro atoms. The zero-order valence-electron chi connectivity index (χ0n) is 31.0. The van der Waals surface area contributed by atoms with E-state index in [1.807, 2.05) is 30.3 Å². The van der Waals surface area contributed by atoms with Crippen molar-refractivity contribution in [2.75, 3.05) is 32.2 Å². The molecule has 14 nitrogen and oxygen atoms in total. The molecule has 5 N–H and O–H groups in total. The number of phosphoric acid groups is 1. The van der Waals surface area contributed by atoms with Crippen LogP contribution in [0.2, 0.25) is 0 Å². The largest absolute Gasteiger partial charge is 0.472 e. The highest BCUT2D eigenvalue weighted by molar-refractivity contribution is 7.47. The monoisotopic (exact) mass is 759 g/mol. The van der Waals surface area contributed by atoms with Crippen LogP contribution in [-0.2, 0) is 34.4 Å². The summed E-state index contributed by atoms with van der Waals surface area (Å²) in [6.45, 7) is 1.91. The number of rotatable bonds is 27. The zero-order chi connectivity index (χ0) is 37.9. The lowest BCUT2D eigenvalue weighted by Crippen LogP contribution is -2.45. The summed E-state index contributed by atoms with van der Waals surface area (Å²) in [5.41, 5.74) is 5.33. The van der Waals surface area contributed by atoms with E-state index in [9.17, 15) is 24.9 Å². The van der Waals surface area contributed by atoms with E-state index < -0.39 is 44.4 Å². The molecule has 4 rings (SSSR count). The normalized spacial score (nSPS) is 21.8. The van der Waals surface area contributed by atoms with Crippen LogP contribution in [0.25, 0.3) is 5.52 Å². The van der Waals surface area contributed by atoms with Gasteiger partial charge in [0.1, 0.15) is 48.9 Å². The third-order valence-electron chi connectivity index (χ3n) is 9.58. The number of hydrogen-bond donors (Lipinski definition) is 4. The third kappa shape index (κ3) is 13.4. The van der Waals surface area contributed by atoms with Crippen molar-refractivity contribution in [2.24, 2.45) is 0 Å². The summed E-state index contributed by atoms with van der Waals surface area (Å²) in [7, 11) is -4.80. The molecule has 0 saturated carbocycles. The molecule has 53 heavy (non-hydrogen) atoms. The first-order chi connectivity index (χ1) is 25.7. The summed E-state index contributed by atoms with van der Waals surface area (Å²) in [4.78, 5) is 14.5. The van der Waals surface area contributed by atoms with Gasteiger partial charge in [-0.3, -0.25) is 9.05 Å². The molecule has 0 amide bonds. The van der Waals surface area contributed by atoms with Gasteiger partial charge >= 0.3 is 7.82 Å². The lowest BCUT2D eigenvalue weighted by molar-refractivity contribution is -0.0790. The summed E-state index contributed by atoms with van der Waals surface area (Å²) in [5.74, 6) is 0.179. The Labute approximate surface area is 313 Å². The number of hydrogen-bond acceptors (Lipinski definition) is 12. The maximum Gasteiger partial charge on any atom is 0.472 e. The second-order valence-electron chi connectivity index (χ2n) is 13.8. The number of phosphoric ester groups is 1. The average Bonchev–Trinajstić information content (AvgIpc) is 3.71. The average molecular weight is 760 g/mol. The minimum Gasteiger partial charge on any atom is -0.387 e. The van der Waals surface area contributed by atoms with Gasteiger partial charge in [-0.1, -0.05) is 121 Å². The van der Waals surface area contributed by atoms with Crippen molar-refractivity contribution in [3.8, 4) is 6.07 Å². The third-order valence-corrected chi connectivity index (χ3v) is 10.5. The van der Waals surface area contributed by atoms with Crippen molar-refractivity contribution in [1.29, 1.82) is 5.26 Å². The van der Waals surface area contributed by atoms with Crippen LogP contribution >= 0.6 is 7.82 Å². The number of fused-ring (bicyclic) bond motifs is 1. The predicted molar refractivity (Wildman–Crippen MR) is 199 cm³/mol. The van der Waals surface area contributed by atoms with E-state index in [2.05, 4.69) is 17.0 Å². The van der Waals surface area contributed by atoms with Crippen LogP contribution in [0.3, 0.4) is 0 Å². The van der Waals surface area contributed by atoms with Gasteiger partial charge in [-0.25, -0.2) is 14.1 Å². The number of nitriles is 1. The van der Waals surface area contributed by atoms with Crippen molar-refractivity contribution < 1.29 is 42.9 Å². The Morgan fingerprint density at radius 3 is 2.23 bits per heavy atom. The maximum absolute atomic E-state index is 13.0. The number of benzene rings is 1. The summed E-state index contributed by atoms with van der Waals surface area (Å²) in [5, 5.41) is 35.9. The lowest BCUT2D eigenvalue weighted by Gasteiger charge is -2.26. The van der Waals surface area contributed by atoms with Crippen LogP contribution in [0.15, 0.2) is 48.8 Å². The van der Waals surface area contributed by atoms with Gasteiger partial charge in [0.2, 0.25) is 5.60 Å². The quantitative estimate of drug-likeness (QED) is 0.0479.